The van der Waals surface area contributed by atoms with Gasteiger partial charge in [-0.15, -0.1) is 0 Å². The summed E-state index contributed by atoms with van der Waals surface area (Å²) >= 11 is 0. The van der Waals surface area contributed by atoms with Crippen LogP contribution in [0.2, 0.25) is 0 Å². The van der Waals surface area contributed by atoms with Crippen molar-refractivity contribution in [3.63, 3.8) is 0 Å². The van der Waals surface area contributed by atoms with Gasteiger partial charge in [-0.1, -0.05) is 25.5 Å². The van der Waals surface area contributed by atoms with E-state index in [-0.39, 0.29) is 29.3 Å². The highest BCUT2D eigenvalue weighted by Gasteiger charge is 2.50. The van der Waals surface area contributed by atoms with E-state index < -0.39 is 17.0 Å². The predicted molar refractivity (Wildman–Crippen MR) is 86.3 cm³/mol. The second kappa shape index (κ2) is 6.16. The Labute approximate surface area is 141 Å². The van der Waals surface area contributed by atoms with Crippen molar-refractivity contribution in [2.24, 2.45) is 11.3 Å². The number of ketones is 1. The standard InChI is InChI=1S/C18H24O6/c1-10-15(24-11(2)19)7-6-12-8-14(20)13(9-17(10,12)3)18(4,23-5)16(21)22/h8-10,15H,6-7H2,1-5H3,(H,21,22). The highest BCUT2D eigenvalue weighted by molar-refractivity contribution is 6.11. The molecule has 1 N–H and O–H groups in total. The zero-order chi connectivity index (χ0) is 18.3. The molecular formula is C18H24O6. The third kappa shape index (κ3) is 2.79. The van der Waals surface area contributed by atoms with Crippen LogP contribution in [0, 0.1) is 11.3 Å². The summed E-state index contributed by atoms with van der Waals surface area (Å²) in [6, 6.07) is 0. The summed E-state index contributed by atoms with van der Waals surface area (Å²) in [7, 11) is 1.27. The van der Waals surface area contributed by atoms with E-state index in [9.17, 15) is 19.5 Å². The Bertz CT molecular complexity index is 646. The van der Waals surface area contributed by atoms with Crippen molar-refractivity contribution in [1.29, 1.82) is 0 Å². The lowest BCUT2D eigenvalue weighted by molar-refractivity contribution is -0.157. The molecule has 2 aliphatic rings. The Hall–Kier alpha value is -1.95. The number of ether oxygens (including phenoxy) is 2. The van der Waals surface area contributed by atoms with Gasteiger partial charge < -0.3 is 14.6 Å². The summed E-state index contributed by atoms with van der Waals surface area (Å²) in [4.78, 5) is 35.5. The highest BCUT2D eigenvalue weighted by atomic mass is 16.5. The number of fused-ring (bicyclic) bond motifs is 1. The fourth-order valence-electron chi connectivity index (χ4n) is 3.61. The van der Waals surface area contributed by atoms with Crippen molar-refractivity contribution in [3.05, 3.63) is 23.3 Å². The summed E-state index contributed by atoms with van der Waals surface area (Å²) in [6.45, 7) is 6.65. The first-order valence-corrected chi connectivity index (χ1v) is 8.00. The minimum absolute atomic E-state index is 0.0839. The monoisotopic (exact) mass is 336 g/mol. The van der Waals surface area contributed by atoms with E-state index in [0.717, 1.165) is 5.57 Å². The lowest BCUT2D eigenvalue weighted by Crippen LogP contribution is -2.48. The number of rotatable bonds is 4. The molecule has 0 aromatic heterocycles. The summed E-state index contributed by atoms with van der Waals surface area (Å²) in [5, 5.41) is 9.51. The van der Waals surface area contributed by atoms with Crippen molar-refractivity contribution < 1.29 is 29.0 Å². The normalized spacial score (nSPS) is 32.1. The lowest BCUT2D eigenvalue weighted by Gasteiger charge is -2.46. The molecule has 1 fully saturated rings. The topological polar surface area (TPSA) is 89.9 Å². The molecule has 0 saturated heterocycles. The van der Waals surface area contributed by atoms with Gasteiger partial charge in [-0.3, -0.25) is 9.59 Å². The average molecular weight is 336 g/mol. The van der Waals surface area contributed by atoms with Gasteiger partial charge in [-0.2, -0.15) is 0 Å². The molecule has 0 heterocycles. The molecule has 0 aliphatic heterocycles. The fourth-order valence-corrected chi connectivity index (χ4v) is 3.61. The number of allylic oxidation sites excluding steroid dienone is 3. The van der Waals surface area contributed by atoms with Gasteiger partial charge >= 0.3 is 11.9 Å². The molecule has 4 unspecified atom stereocenters. The van der Waals surface area contributed by atoms with Crippen molar-refractivity contribution in [1.82, 2.24) is 0 Å². The van der Waals surface area contributed by atoms with Crippen LogP contribution >= 0.6 is 0 Å². The van der Waals surface area contributed by atoms with Gasteiger partial charge in [0, 0.05) is 30.9 Å². The van der Waals surface area contributed by atoms with E-state index in [0.29, 0.717) is 12.8 Å². The molecule has 6 nitrogen and oxygen atoms in total. The van der Waals surface area contributed by atoms with Crippen molar-refractivity contribution in [3.8, 4) is 0 Å². The minimum Gasteiger partial charge on any atom is -0.479 e. The lowest BCUT2D eigenvalue weighted by atomic mass is 9.60. The number of carboxylic acids is 1. The van der Waals surface area contributed by atoms with E-state index >= 15 is 0 Å². The molecule has 0 bridgehead atoms. The van der Waals surface area contributed by atoms with Crippen molar-refractivity contribution in [2.75, 3.05) is 7.11 Å². The molecule has 132 valence electrons. The predicted octanol–water partition coefficient (Wildman–Crippen LogP) is 2.28. The van der Waals surface area contributed by atoms with E-state index in [1.807, 2.05) is 13.8 Å². The first-order chi connectivity index (χ1) is 11.1. The van der Waals surface area contributed by atoms with Gasteiger partial charge in [0.2, 0.25) is 0 Å². The number of hydrogen-bond donors (Lipinski definition) is 1. The summed E-state index contributed by atoms with van der Waals surface area (Å²) in [5.74, 6) is -1.98. The number of aliphatic carboxylic acids is 1. The first kappa shape index (κ1) is 18.4. The zero-order valence-electron chi connectivity index (χ0n) is 14.7. The van der Waals surface area contributed by atoms with E-state index in [1.165, 1.54) is 27.0 Å². The molecule has 2 aliphatic carbocycles. The van der Waals surface area contributed by atoms with Crippen LogP contribution in [0.5, 0.6) is 0 Å². The van der Waals surface area contributed by atoms with Gasteiger partial charge in [0.25, 0.3) is 0 Å². The number of carboxylic acid groups (broad SMARTS) is 1. The first-order valence-electron chi connectivity index (χ1n) is 8.00. The van der Waals surface area contributed by atoms with Crippen LogP contribution < -0.4 is 0 Å². The Balaban J connectivity index is 2.49. The van der Waals surface area contributed by atoms with Crippen LogP contribution in [-0.4, -0.2) is 41.6 Å². The molecule has 6 heteroatoms. The largest absolute Gasteiger partial charge is 0.479 e. The maximum atomic E-state index is 12.5. The van der Waals surface area contributed by atoms with E-state index in [1.54, 1.807) is 6.08 Å². The molecule has 0 amide bonds. The third-order valence-electron chi connectivity index (χ3n) is 5.56. The van der Waals surface area contributed by atoms with Crippen molar-refractivity contribution in [2.45, 2.75) is 52.2 Å². The second-order valence-electron chi connectivity index (χ2n) is 6.89. The van der Waals surface area contributed by atoms with Gasteiger partial charge in [0.1, 0.15) is 6.10 Å². The highest BCUT2D eigenvalue weighted by Crippen LogP contribution is 2.50. The molecule has 0 aromatic rings. The van der Waals surface area contributed by atoms with Crippen LogP contribution in [0.15, 0.2) is 23.3 Å². The van der Waals surface area contributed by atoms with Gasteiger partial charge in [-0.05, 0) is 25.8 Å². The Kier molecular flexibility index (Phi) is 4.72. The molecule has 2 rings (SSSR count). The Morgan fingerprint density at radius 1 is 1.42 bits per heavy atom. The molecule has 0 aromatic carbocycles. The van der Waals surface area contributed by atoms with Gasteiger partial charge in [-0.25, -0.2) is 4.79 Å². The zero-order valence-corrected chi connectivity index (χ0v) is 14.7. The Morgan fingerprint density at radius 3 is 2.54 bits per heavy atom. The Morgan fingerprint density at radius 2 is 2.04 bits per heavy atom. The maximum Gasteiger partial charge on any atom is 0.340 e. The number of methoxy groups -OCH3 is 1. The molecule has 24 heavy (non-hydrogen) atoms. The number of hydrogen-bond acceptors (Lipinski definition) is 5. The number of carbonyl (C=O) groups excluding carboxylic acids is 2. The van der Waals surface area contributed by atoms with E-state index in [2.05, 4.69) is 0 Å². The number of esters is 1. The molecular weight excluding hydrogens is 312 g/mol. The van der Waals surface area contributed by atoms with Gasteiger partial charge in [0.05, 0.1) is 0 Å². The van der Waals surface area contributed by atoms with Crippen molar-refractivity contribution >= 4 is 17.7 Å². The van der Waals surface area contributed by atoms with Crippen LogP contribution in [0.1, 0.15) is 40.5 Å². The molecule has 1 saturated carbocycles. The average Bonchev–Trinajstić information content (AvgIpc) is 2.50. The number of carbonyl (C=O) groups is 3. The van der Waals surface area contributed by atoms with Crippen LogP contribution in [0.4, 0.5) is 0 Å². The fraction of sp³-hybridized carbons (Fsp3) is 0.611. The molecule has 4 atom stereocenters. The van der Waals surface area contributed by atoms with Crippen LogP contribution in [0.25, 0.3) is 0 Å². The second-order valence-corrected chi connectivity index (χ2v) is 6.89. The molecule has 0 radical (unpaired) electrons. The summed E-state index contributed by atoms with van der Waals surface area (Å²) in [5.41, 5.74) is -1.22. The minimum atomic E-state index is -1.71. The summed E-state index contributed by atoms with van der Waals surface area (Å²) < 4.78 is 10.6. The van der Waals surface area contributed by atoms with Crippen LogP contribution in [0.3, 0.4) is 0 Å². The SMILES string of the molecule is COC(C)(C(=O)O)C1=CC2(C)C(=CC1=O)CCC(OC(C)=O)C2C. The summed E-state index contributed by atoms with van der Waals surface area (Å²) in [6.07, 6.45) is 4.23. The smallest absolute Gasteiger partial charge is 0.340 e. The van der Waals surface area contributed by atoms with Crippen LogP contribution in [-0.2, 0) is 23.9 Å². The maximum absolute atomic E-state index is 12.5. The quantitative estimate of drug-likeness (QED) is 0.792. The van der Waals surface area contributed by atoms with E-state index in [4.69, 9.17) is 9.47 Å². The molecule has 0 spiro atoms. The van der Waals surface area contributed by atoms with Gasteiger partial charge in [0.15, 0.2) is 11.4 Å². The third-order valence-corrected chi connectivity index (χ3v) is 5.56.